The van der Waals surface area contributed by atoms with Gasteiger partial charge in [-0.15, -0.1) is 0 Å². The molecule has 0 aromatic heterocycles. The number of aliphatic hydroxyl groups excluding tert-OH is 1. The molecule has 1 atom stereocenters. The first-order valence-electron chi connectivity index (χ1n) is 6.01. The Labute approximate surface area is 103 Å². The number of benzene rings is 1. The summed E-state index contributed by atoms with van der Waals surface area (Å²) < 4.78 is 5.65. The van der Waals surface area contributed by atoms with Gasteiger partial charge < -0.3 is 14.9 Å². The minimum atomic E-state index is -0.841. The van der Waals surface area contributed by atoms with Crippen molar-refractivity contribution in [3.63, 3.8) is 0 Å². The lowest BCUT2D eigenvalue weighted by atomic mass is 9.94. The zero-order valence-corrected chi connectivity index (χ0v) is 10.8. The number of aliphatic hydroxyl groups is 2. The van der Waals surface area contributed by atoms with Crippen molar-refractivity contribution in [3.05, 3.63) is 29.8 Å². The monoisotopic (exact) mass is 238 g/mol. The van der Waals surface area contributed by atoms with E-state index in [4.69, 9.17) is 9.84 Å². The molecule has 0 saturated carbocycles. The molecule has 0 spiro atoms. The number of para-hydroxylation sites is 1. The molecule has 96 valence electrons. The van der Waals surface area contributed by atoms with E-state index in [2.05, 4.69) is 0 Å². The average molecular weight is 238 g/mol. The van der Waals surface area contributed by atoms with Gasteiger partial charge >= 0.3 is 0 Å². The van der Waals surface area contributed by atoms with Gasteiger partial charge in [0.05, 0.1) is 5.60 Å². The molecule has 0 bridgehead atoms. The molecule has 1 aromatic rings. The van der Waals surface area contributed by atoms with E-state index in [-0.39, 0.29) is 19.1 Å². The number of hydrogen-bond acceptors (Lipinski definition) is 3. The maximum atomic E-state index is 10.1. The van der Waals surface area contributed by atoms with E-state index < -0.39 is 5.60 Å². The highest BCUT2D eigenvalue weighted by Gasteiger charge is 2.26. The largest absolute Gasteiger partial charge is 0.490 e. The van der Waals surface area contributed by atoms with Gasteiger partial charge in [-0.1, -0.05) is 32.0 Å². The molecule has 0 aliphatic rings. The van der Waals surface area contributed by atoms with E-state index in [1.807, 2.05) is 38.1 Å². The van der Waals surface area contributed by atoms with Crippen molar-refractivity contribution in [2.75, 3.05) is 13.2 Å². The summed E-state index contributed by atoms with van der Waals surface area (Å²) >= 11 is 0. The molecule has 2 N–H and O–H groups in total. The predicted octanol–water partition coefficient (Wildman–Crippen LogP) is 2.01. The second-order valence-electron chi connectivity index (χ2n) is 4.88. The Morgan fingerprint density at radius 1 is 1.29 bits per heavy atom. The van der Waals surface area contributed by atoms with Crippen molar-refractivity contribution in [2.45, 2.75) is 32.8 Å². The van der Waals surface area contributed by atoms with Crippen molar-refractivity contribution in [1.29, 1.82) is 0 Å². The van der Waals surface area contributed by atoms with E-state index in [1.165, 1.54) is 0 Å². The molecule has 1 rings (SSSR count). The van der Waals surface area contributed by atoms with Gasteiger partial charge in [-0.25, -0.2) is 0 Å². The summed E-state index contributed by atoms with van der Waals surface area (Å²) in [5, 5.41) is 19.1. The van der Waals surface area contributed by atoms with Crippen LogP contribution in [0.15, 0.2) is 24.3 Å². The highest BCUT2D eigenvalue weighted by Crippen LogP contribution is 2.22. The van der Waals surface area contributed by atoms with Crippen LogP contribution in [0.2, 0.25) is 0 Å². The van der Waals surface area contributed by atoms with E-state index in [9.17, 15) is 5.11 Å². The Bertz CT molecular complexity index is 345. The van der Waals surface area contributed by atoms with Crippen LogP contribution in [0, 0.1) is 5.92 Å². The van der Waals surface area contributed by atoms with E-state index in [1.54, 1.807) is 6.92 Å². The van der Waals surface area contributed by atoms with Gasteiger partial charge in [-0.3, -0.25) is 0 Å². The van der Waals surface area contributed by atoms with Crippen molar-refractivity contribution in [2.24, 2.45) is 5.92 Å². The summed E-state index contributed by atoms with van der Waals surface area (Å²) in [7, 11) is 0. The smallest absolute Gasteiger partial charge is 0.122 e. The standard InChI is InChI=1S/C14H22O3/c1-11(2)14(3,16)10-17-13-7-5-4-6-12(13)8-9-15/h4-7,11,15-16H,8-10H2,1-3H3. The van der Waals surface area contributed by atoms with Crippen LogP contribution >= 0.6 is 0 Å². The summed E-state index contributed by atoms with van der Waals surface area (Å²) in [6.07, 6.45) is 0.569. The van der Waals surface area contributed by atoms with Crippen molar-refractivity contribution in [3.8, 4) is 5.75 Å². The fraction of sp³-hybridized carbons (Fsp3) is 0.571. The van der Waals surface area contributed by atoms with Crippen LogP contribution < -0.4 is 4.74 Å². The molecule has 0 aliphatic heterocycles. The van der Waals surface area contributed by atoms with Gasteiger partial charge in [-0.05, 0) is 30.9 Å². The molecule has 0 heterocycles. The topological polar surface area (TPSA) is 49.7 Å². The first kappa shape index (κ1) is 14.0. The summed E-state index contributed by atoms with van der Waals surface area (Å²) in [5.41, 5.74) is 0.126. The SMILES string of the molecule is CC(C)C(C)(O)COc1ccccc1CCO. The second kappa shape index (κ2) is 6.03. The molecule has 1 aromatic carbocycles. The van der Waals surface area contributed by atoms with Crippen LogP contribution in [0.4, 0.5) is 0 Å². The van der Waals surface area contributed by atoms with E-state index in [0.29, 0.717) is 6.42 Å². The summed E-state index contributed by atoms with van der Waals surface area (Å²) in [5.74, 6) is 0.870. The molecule has 0 amide bonds. The normalized spacial score (nSPS) is 14.7. The molecule has 17 heavy (non-hydrogen) atoms. The first-order chi connectivity index (χ1) is 7.97. The number of ether oxygens (including phenoxy) is 1. The van der Waals surface area contributed by atoms with Crippen LogP contribution in [0.1, 0.15) is 26.3 Å². The number of hydrogen-bond donors (Lipinski definition) is 2. The van der Waals surface area contributed by atoms with Crippen LogP contribution in [0.25, 0.3) is 0 Å². The predicted molar refractivity (Wildman–Crippen MR) is 68.2 cm³/mol. The highest BCUT2D eigenvalue weighted by atomic mass is 16.5. The van der Waals surface area contributed by atoms with Crippen molar-refractivity contribution in [1.82, 2.24) is 0 Å². The Balaban J connectivity index is 2.69. The van der Waals surface area contributed by atoms with E-state index >= 15 is 0 Å². The molecule has 0 radical (unpaired) electrons. The molecular formula is C14H22O3. The van der Waals surface area contributed by atoms with Gasteiger partial charge in [0.25, 0.3) is 0 Å². The average Bonchev–Trinajstić information content (AvgIpc) is 2.28. The minimum absolute atomic E-state index is 0.0982. The van der Waals surface area contributed by atoms with Crippen molar-refractivity contribution < 1.29 is 14.9 Å². The quantitative estimate of drug-likeness (QED) is 0.797. The third-order valence-electron chi connectivity index (χ3n) is 3.12. The van der Waals surface area contributed by atoms with Gasteiger partial charge in [0, 0.05) is 6.61 Å². The molecule has 3 nitrogen and oxygen atoms in total. The zero-order valence-electron chi connectivity index (χ0n) is 10.8. The maximum absolute atomic E-state index is 10.1. The lowest BCUT2D eigenvalue weighted by Crippen LogP contribution is -2.37. The summed E-state index contributed by atoms with van der Waals surface area (Å²) in [4.78, 5) is 0. The summed E-state index contributed by atoms with van der Waals surface area (Å²) in [6, 6.07) is 7.59. The highest BCUT2D eigenvalue weighted by molar-refractivity contribution is 5.33. The lowest BCUT2D eigenvalue weighted by Gasteiger charge is -2.28. The Morgan fingerprint density at radius 3 is 2.53 bits per heavy atom. The Morgan fingerprint density at radius 2 is 1.94 bits per heavy atom. The van der Waals surface area contributed by atoms with Crippen LogP contribution in [-0.2, 0) is 6.42 Å². The number of rotatable bonds is 6. The molecule has 0 aliphatic carbocycles. The van der Waals surface area contributed by atoms with Crippen molar-refractivity contribution >= 4 is 0 Å². The molecule has 3 heteroatoms. The third kappa shape index (κ3) is 4.02. The fourth-order valence-electron chi connectivity index (χ4n) is 1.36. The van der Waals surface area contributed by atoms with E-state index in [0.717, 1.165) is 11.3 Å². The Kier molecular flexibility index (Phi) is 4.97. The Hall–Kier alpha value is -1.06. The van der Waals surface area contributed by atoms with Crippen LogP contribution in [-0.4, -0.2) is 29.0 Å². The molecule has 1 unspecified atom stereocenters. The molecule has 0 fully saturated rings. The van der Waals surface area contributed by atoms with Gasteiger partial charge in [0.2, 0.25) is 0 Å². The molecular weight excluding hydrogens is 216 g/mol. The van der Waals surface area contributed by atoms with Gasteiger partial charge in [0.1, 0.15) is 12.4 Å². The minimum Gasteiger partial charge on any atom is -0.490 e. The fourth-order valence-corrected chi connectivity index (χ4v) is 1.36. The maximum Gasteiger partial charge on any atom is 0.122 e. The van der Waals surface area contributed by atoms with Crippen LogP contribution in [0.3, 0.4) is 0 Å². The third-order valence-corrected chi connectivity index (χ3v) is 3.12. The van der Waals surface area contributed by atoms with Gasteiger partial charge in [0.15, 0.2) is 0 Å². The summed E-state index contributed by atoms with van der Waals surface area (Å²) in [6.45, 7) is 6.05. The van der Waals surface area contributed by atoms with Gasteiger partial charge in [-0.2, -0.15) is 0 Å². The first-order valence-corrected chi connectivity index (χ1v) is 6.01. The zero-order chi connectivity index (χ0) is 12.9. The lowest BCUT2D eigenvalue weighted by molar-refractivity contribution is -0.0268. The van der Waals surface area contributed by atoms with Crippen LogP contribution in [0.5, 0.6) is 5.75 Å². The molecule has 0 saturated heterocycles. The second-order valence-corrected chi connectivity index (χ2v) is 4.88.